The molecule has 0 aliphatic rings. The summed E-state index contributed by atoms with van der Waals surface area (Å²) in [6.07, 6.45) is 0.986. The fourth-order valence-corrected chi connectivity index (χ4v) is 2.87. The van der Waals surface area contributed by atoms with E-state index in [1.807, 2.05) is 30.3 Å². The molecule has 0 aliphatic carbocycles. The average Bonchev–Trinajstić information content (AvgIpc) is 2.16. The first-order valence-corrected chi connectivity index (χ1v) is 6.89. The molecule has 72 valence electrons. The summed E-state index contributed by atoms with van der Waals surface area (Å²) in [6.45, 7) is 0. The van der Waals surface area contributed by atoms with Gasteiger partial charge in [-0.05, 0) is 12.0 Å². The molecule has 1 rings (SSSR count). The fourth-order valence-electron chi connectivity index (χ4n) is 1.05. The lowest BCUT2D eigenvalue weighted by molar-refractivity contribution is 0.681. The third-order valence-corrected chi connectivity index (χ3v) is 3.64. The van der Waals surface area contributed by atoms with Gasteiger partial charge in [0.05, 0.1) is 0 Å². The standard InChI is InChI=1S/C10H13BrOS/c11-7-4-8-13(12)9-10-5-2-1-3-6-10/h1-3,5-6H,4,7-9H2. The minimum absolute atomic E-state index is 0.688. The Bertz CT molecular complexity index is 261. The molecule has 0 saturated heterocycles. The topological polar surface area (TPSA) is 17.1 Å². The molecule has 1 unspecified atom stereocenters. The average molecular weight is 261 g/mol. The minimum atomic E-state index is -0.701. The van der Waals surface area contributed by atoms with Crippen molar-refractivity contribution in [2.24, 2.45) is 0 Å². The van der Waals surface area contributed by atoms with Crippen LogP contribution in [0.15, 0.2) is 30.3 Å². The monoisotopic (exact) mass is 260 g/mol. The van der Waals surface area contributed by atoms with Crippen LogP contribution < -0.4 is 0 Å². The molecule has 3 heteroatoms. The second kappa shape index (κ2) is 6.33. The number of halogens is 1. The van der Waals surface area contributed by atoms with Crippen LogP contribution in [0.3, 0.4) is 0 Å². The zero-order valence-corrected chi connectivity index (χ0v) is 9.81. The Morgan fingerprint density at radius 1 is 1.23 bits per heavy atom. The van der Waals surface area contributed by atoms with E-state index in [1.54, 1.807) is 0 Å². The summed E-state index contributed by atoms with van der Waals surface area (Å²) in [5.41, 5.74) is 1.16. The van der Waals surface area contributed by atoms with Crippen LogP contribution in [0.1, 0.15) is 12.0 Å². The number of rotatable bonds is 5. The largest absolute Gasteiger partial charge is 0.259 e. The van der Waals surface area contributed by atoms with Crippen molar-refractivity contribution < 1.29 is 4.21 Å². The first kappa shape index (κ1) is 10.9. The first-order valence-electron chi connectivity index (χ1n) is 4.28. The molecule has 1 aromatic carbocycles. The molecule has 13 heavy (non-hydrogen) atoms. The maximum absolute atomic E-state index is 11.5. The molecule has 0 fully saturated rings. The lowest BCUT2D eigenvalue weighted by Crippen LogP contribution is -2.01. The van der Waals surface area contributed by atoms with Crippen molar-refractivity contribution in [2.45, 2.75) is 12.2 Å². The summed E-state index contributed by atoms with van der Waals surface area (Å²) < 4.78 is 11.5. The normalized spacial score (nSPS) is 12.7. The molecular formula is C10H13BrOS. The van der Waals surface area contributed by atoms with Crippen LogP contribution >= 0.6 is 15.9 Å². The van der Waals surface area contributed by atoms with Gasteiger partial charge in [0.15, 0.2) is 0 Å². The summed E-state index contributed by atoms with van der Waals surface area (Å²) in [7, 11) is -0.701. The van der Waals surface area contributed by atoms with Crippen LogP contribution in [0.2, 0.25) is 0 Å². The Hall–Kier alpha value is -0.150. The van der Waals surface area contributed by atoms with Crippen LogP contribution in [0.4, 0.5) is 0 Å². The molecular weight excluding hydrogens is 248 g/mol. The highest BCUT2D eigenvalue weighted by atomic mass is 79.9. The van der Waals surface area contributed by atoms with Crippen molar-refractivity contribution >= 4 is 26.7 Å². The molecule has 1 atom stereocenters. The van der Waals surface area contributed by atoms with E-state index in [-0.39, 0.29) is 0 Å². The highest BCUT2D eigenvalue weighted by Gasteiger charge is 1.99. The summed E-state index contributed by atoms with van der Waals surface area (Å²) in [5, 5.41) is 0.938. The van der Waals surface area contributed by atoms with Gasteiger partial charge in [0.1, 0.15) is 0 Å². The predicted molar refractivity (Wildman–Crippen MR) is 61.6 cm³/mol. The molecule has 0 spiro atoms. The maximum atomic E-state index is 11.5. The van der Waals surface area contributed by atoms with Crippen LogP contribution in [0, 0.1) is 0 Å². The third kappa shape index (κ3) is 4.58. The summed E-state index contributed by atoms with van der Waals surface area (Å²) in [5.74, 6) is 1.48. The Kier molecular flexibility index (Phi) is 5.32. The van der Waals surface area contributed by atoms with E-state index in [9.17, 15) is 4.21 Å². The second-order valence-electron chi connectivity index (χ2n) is 2.82. The van der Waals surface area contributed by atoms with Gasteiger partial charge in [-0.15, -0.1) is 0 Å². The van der Waals surface area contributed by atoms with Crippen molar-refractivity contribution in [3.05, 3.63) is 35.9 Å². The van der Waals surface area contributed by atoms with Crippen LogP contribution in [-0.4, -0.2) is 15.3 Å². The predicted octanol–water partition coefficient (Wildman–Crippen LogP) is 2.72. The fraction of sp³-hybridized carbons (Fsp3) is 0.400. The highest BCUT2D eigenvalue weighted by Crippen LogP contribution is 2.04. The SMILES string of the molecule is O=S(CCCBr)Cc1ccccc1. The molecule has 0 saturated carbocycles. The maximum Gasteiger partial charge on any atom is 0.0485 e. The lowest BCUT2D eigenvalue weighted by atomic mass is 10.2. The second-order valence-corrected chi connectivity index (χ2v) is 5.19. The smallest absolute Gasteiger partial charge is 0.0485 e. The van der Waals surface area contributed by atoms with Crippen molar-refractivity contribution in [2.75, 3.05) is 11.1 Å². The summed E-state index contributed by atoms with van der Waals surface area (Å²) in [6, 6.07) is 9.98. The van der Waals surface area contributed by atoms with E-state index >= 15 is 0 Å². The minimum Gasteiger partial charge on any atom is -0.259 e. The van der Waals surface area contributed by atoms with E-state index in [2.05, 4.69) is 15.9 Å². The van der Waals surface area contributed by atoms with Crippen LogP contribution in [-0.2, 0) is 16.6 Å². The third-order valence-electron chi connectivity index (χ3n) is 1.68. The Balaban J connectivity index is 2.37. The van der Waals surface area contributed by atoms with E-state index in [0.717, 1.165) is 23.1 Å². The zero-order chi connectivity index (χ0) is 9.52. The van der Waals surface area contributed by atoms with Gasteiger partial charge in [-0.2, -0.15) is 0 Å². The molecule has 1 nitrogen and oxygen atoms in total. The zero-order valence-electron chi connectivity index (χ0n) is 7.41. The van der Waals surface area contributed by atoms with E-state index in [4.69, 9.17) is 0 Å². The molecule has 0 amide bonds. The number of hydrogen-bond donors (Lipinski definition) is 0. The van der Waals surface area contributed by atoms with Gasteiger partial charge < -0.3 is 0 Å². The van der Waals surface area contributed by atoms with E-state index in [0.29, 0.717) is 5.75 Å². The molecule has 0 aromatic heterocycles. The number of alkyl halides is 1. The molecule has 0 aliphatic heterocycles. The van der Waals surface area contributed by atoms with Crippen molar-refractivity contribution in [1.29, 1.82) is 0 Å². The Morgan fingerprint density at radius 2 is 1.92 bits per heavy atom. The van der Waals surface area contributed by atoms with Crippen LogP contribution in [0.25, 0.3) is 0 Å². The number of benzene rings is 1. The van der Waals surface area contributed by atoms with Gasteiger partial charge in [0, 0.05) is 27.6 Å². The van der Waals surface area contributed by atoms with Gasteiger partial charge in [-0.1, -0.05) is 46.3 Å². The van der Waals surface area contributed by atoms with E-state index < -0.39 is 10.8 Å². The lowest BCUT2D eigenvalue weighted by Gasteiger charge is -2.00. The molecule has 0 bridgehead atoms. The highest BCUT2D eigenvalue weighted by molar-refractivity contribution is 9.09. The quantitative estimate of drug-likeness (QED) is 0.745. The van der Waals surface area contributed by atoms with Crippen molar-refractivity contribution in [1.82, 2.24) is 0 Å². The van der Waals surface area contributed by atoms with Gasteiger partial charge in [-0.25, -0.2) is 0 Å². The first-order chi connectivity index (χ1) is 6.33. The van der Waals surface area contributed by atoms with Gasteiger partial charge in [0.25, 0.3) is 0 Å². The molecule has 0 heterocycles. The van der Waals surface area contributed by atoms with E-state index in [1.165, 1.54) is 0 Å². The Morgan fingerprint density at radius 3 is 2.54 bits per heavy atom. The van der Waals surface area contributed by atoms with Crippen LogP contribution in [0.5, 0.6) is 0 Å². The van der Waals surface area contributed by atoms with Crippen molar-refractivity contribution in [3.8, 4) is 0 Å². The van der Waals surface area contributed by atoms with Gasteiger partial charge >= 0.3 is 0 Å². The summed E-state index contributed by atoms with van der Waals surface area (Å²) >= 11 is 3.33. The van der Waals surface area contributed by atoms with Gasteiger partial charge in [0.2, 0.25) is 0 Å². The van der Waals surface area contributed by atoms with Crippen molar-refractivity contribution in [3.63, 3.8) is 0 Å². The number of hydrogen-bond acceptors (Lipinski definition) is 1. The van der Waals surface area contributed by atoms with Gasteiger partial charge in [-0.3, -0.25) is 4.21 Å². The molecule has 1 aromatic rings. The molecule has 0 N–H and O–H groups in total. The molecule has 0 radical (unpaired) electrons. The Labute approximate surface area is 90.1 Å². The summed E-state index contributed by atoms with van der Waals surface area (Å²) in [4.78, 5) is 0.